The van der Waals surface area contributed by atoms with Gasteiger partial charge in [0.15, 0.2) is 0 Å². The summed E-state index contributed by atoms with van der Waals surface area (Å²) in [5.41, 5.74) is 6.54. The maximum atomic E-state index is 5.32. The standard InChI is InChI=1S/C12H21N3/c1-9(2)11-6-5-10(3)12(7-11)15(4)8-14-13/h5-7,9,14H,8,13H2,1-4H3. The first kappa shape index (κ1) is 12.0. The van der Waals surface area contributed by atoms with Crippen molar-refractivity contribution in [3.63, 3.8) is 0 Å². The topological polar surface area (TPSA) is 41.3 Å². The highest BCUT2D eigenvalue weighted by Crippen LogP contribution is 2.24. The van der Waals surface area contributed by atoms with Gasteiger partial charge in [0.25, 0.3) is 0 Å². The number of nitrogens with one attached hydrogen (secondary N) is 1. The van der Waals surface area contributed by atoms with E-state index in [0.717, 1.165) is 0 Å². The number of aryl methyl sites for hydroxylation is 1. The Bertz CT molecular complexity index is 321. The van der Waals surface area contributed by atoms with Gasteiger partial charge < -0.3 is 4.90 Å². The predicted octanol–water partition coefficient (Wildman–Crippen LogP) is 1.98. The molecule has 3 N–H and O–H groups in total. The Morgan fingerprint density at radius 3 is 2.60 bits per heavy atom. The molecule has 1 rings (SSSR count). The third-order valence-electron chi connectivity index (χ3n) is 2.64. The fourth-order valence-electron chi connectivity index (χ4n) is 1.62. The first-order chi connectivity index (χ1) is 7.06. The summed E-state index contributed by atoms with van der Waals surface area (Å²) in [6.07, 6.45) is 0. The van der Waals surface area contributed by atoms with Gasteiger partial charge in [-0.2, -0.15) is 0 Å². The molecule has 0 aliphatic carbocycles. The largest absolute Gasteiger partial charge is 0.360 e. The minimum atomic E-state index is 0.559. The predicted molar refractivity (Wildman–Crippen MR) is 65.9 cm³/mol. The van der Waals surface area contributed by atoms with Crippen molar-refractivity contribution in [2.75, 3.05) is 18.6 Å². The minimum Gasteiger partial charge on any atom is -0.360 e. The first-order valence-electron chi connectivity index (χ1n) is 5.31. The lowest BCUT2D eigenvalue weighted by Gasteiger charge is -2.22. The highest BCUT2D eigenvalue weighted by molar-refractivity contribution is 5.54. The Kier molecular flexibility index (Phi) is 4.12. The molecule has 3 nitrogen and oxygen atoms in total. The zero-order chi connectivity index (χ0) is 11.4. The molecule has 0 aliphatic rings. The van der Waals surface area contributed by atoms with E-state index >= 15 is 0 Å². The van der Waals surface area contributed by atoms with E-state index < -0.39 is 0 Å². The number of hydrazine groups is 1. The van der Waals surface area contributed by atoms with Gasteiger partial charge in [-0.3, -0.25) is 5.84 Å². The molecule has 0 spiro atoms. The van der Waals surface area contributed by atoms with Crippen LogP contribution in [-0.2, 0) is 0 Å². The molecule has 84 valence electrons. The van der Waals surface area contributed by atoms with Crippen molar-refractivity contribution < 1.29 is 0 Å². The second-order valence-corrected chi connectivity index (χ2v) is 4.26. The summed E-state index contributed by atoms with van der Waals surface area (Å²) >= 11 is 0. The summed E-state index contributed by atoms with van der Waals surface area (Å²) in [5, 5.41) is 0. The van der Waals surface area contributed by atoms with Crippen LogP contribution in [0.25, 0.3) is 0 Å². The fraction of sp³-hybridized carbons (Fsp3) is 0.500. The van der Waals surface area contributed by atoms with Gasteiger partial charge in [0.2, 0.25) is 0 Å². The van der Waals surface area contributed by atoms with Crippen LogP contribution in [0, 0.1) is 6.92 Å². The molecule has 0 atom stereocenters. The molecule has 0 saturated carbocycles. The third kappa shape index (κ3) is 2.94. The molecular weight excluding hydrogens is 186 g/mol. The lowest BCUT2D eigenvalue weighted by Crippen LogP contribution is -2.35. The Labute approximate surface area is 92.2 Å². The Morgan fingerprint density at radius 1 is 1.40 bits per heavy atom. The average molecular weight is 207 g/mol. The van der Waals surface area contributed by atoms with Crippen molar-refractivity contribution in [1.29, 1.82) is 0 Å². The van der Waals surface area contributed by atoms with Gasteiger partial charge in [0, 0.05) is 12.7 Å². The maximum absolute atomic E-state index is 5.32. The maximum Gasteiger partial charge on any atom is 0.0805 e. The summed E-state index contributed by atoms with van der Waals surface area (Å²) in [6.45, 7) is 7.18. The summed E-state index contributed by atoms with van der Waals surface area (Å²) in [7, 11) is 2.03. The lowest BCUT2D eigenvalue weighted by atomic mass is 10.0. The molecule has 0 bridgehead atoms. The summed E-state index contributed by atoms with van der Waals surface area (Å²) in [6, 6.07) is 6.59. The number of anilines is 1. The van der Waals surface area contributed by atoms with Gasteiger partial charge in [-0.15, -0.1) is 0 Å². The number of hydrogen-bond acceptors (Lipinski definition) is 3. The molecule has 0 heterocycles. The molecule has 15 heavy (non-hydrogen) atoms. The summed E-state index contributed by atoms with van der Waals surface area (Å²) in [5.74, 6) is 5.88. The zero-order valence-electron chi connectivity index (χ0n) is 10.0. The second-order valence-electron chi connectivity index (χ2n) is 4.26. The molecule has 0 fully saturated rings. The number of benzene rings is 1. The van der Waals surface area contributed by atoms with Gasteiger partial charge in [-0.1, -0.05) is 26.0 Å². The van der Waals surface area contributed by atoms with E-state index in [0.29, 0.717) is 12.6 Å². The van der Waals surface area contributed by atoms with Gasteiger partial charge in [-0.05, 0) is 30.0 Å². The molecule has 0 amide bonds. The van der Waals surface area contributed by atoms with E-state index in [-0.39, 0.29) is 0 Å². The molecule has 0 aliphatic heterocycles. The molecule has 3 heteroatoms. The van der Waals surface area contributed by atoms with Crippen LogP contribution in [0.15, 0.2) is 18.2 Å². The van der Waals surface area contributed by atoms with Crippen LogP contribution in [0.2, 0.25) is 0 Å². The Morgan fingerprint density at radius 2 is 2.07 bits per heavy atom. The number of hydrogen-bond donors (Lipinski definition) is 2. The average Bonchev–Trinajstić information content (AvgIpc) is 2.18. The van der Waals surface area contributed by atoms with Crippen molar-refractivity contribution >= 4 is 5.69 Å². The Hall–Kier alpha value is -1.06. The van der Waals surface area contributed by atoms with E-state index in [4.69, 9.17) is 5.84 Å². The molecular formula is C12H21N3. The zero-order valence-corrected chi connectivity index (χ0v) is 10.0. The van der Waals surface area contributed by atoms with Crippen LogP contribution in [0.3, 0.4) is 0 Å². The minimum absolute atomic E-state index is 0.559. The van der Waals surface area contributed by atoms with Gasteiger partial charge >= 0.3 is 0 Å². The third-order valence-corrected chi connectivity index (χ3v) is 2.64. The number of rotatable bonds is 4. The highest BCUT2D eigenvalue weighted by Gasteiger charge is 2.06. The quantitative estimate of drug-likeness (QED) is 0.450. The molecule has 0 radical (unpaired) electrons. The van der Waals surface area contributed by atoms with Gasteiger partial charge in [-0.25, -0.2) is 5.43 Å². The second kappa shape index (κ2) is 5.14. The van der Waals surface area contributed by atoms with E-state index in [2.05, 4.69) is 49.3 Å². The van der Waals surface area contributed by atoms with Gasteiger partial charge in [0.05, 0.1) is 6.67 Å². The molecule has 0 aromatic heterocycles. The van der Waals surface area contributed by atoms with Crippen LogP contribution in [0.4, 0.5) is 5.69 Å². The van der Waals surface area contributed by atoms with Crippen molar-refractivity contribution in [2.45, 2.75) is 26.7 Å². The SMILES string of the molecule is Cc1ccc(C(C)C)cc1N(C)CNN. The summed E-state index contributed by atoms with van der Waals surface area (Å²) in [4.78, 5) is 2.11. The van der Waals surface area contributed by atoms with E-state index in [1.54, 1.807) is 0 Å². The van der Waals surface area contributed by atoms with E-state index in [1.807, 2.05) is 7.05 Å². The normalized spacial score (nSPS) is 10.8. The first-order valence-corrected chi connectivity index (χ1v) is 5.31. The van der Waals surface area contributed by atoms with Crippen molar-refractivity contribution in [3.05, 3.63) is 29.3 Å². The van der Waals surface area contributed by atoms with Crippen molar-refractivity contribution in [3.8, 4) is 0 Å². The molecule has 0 unspecified atom stereocenters. The fourth-order valence-corrected chi connectivity index (χ4v) is 1.62. The monoisotopic (exact) mass is 207 g/mol. The van der Waals surface area contributed by atoms with Crippen molar-refractivity contribution in [2.24, 2.45) is 5.84 Å². The number of nitrogens with zero attached hydrogens (tertiary/aromatic N) is 1. The van der Waals surface area contributed by atoms with Crippen LogP contribution < -0.4 is 16.2 Å². The lowest BCUT2D eigenvalue weighted by molar-refractivity contribution is 0.715. The van der Waals surface area contributed by atoms with Crippen LogP contribution in [0.5, 0.6) is 0 Å². The molecule has 0 saturated heterocycles. The van der Waals surface area contributed by atoms with Crippen molar-refractivity contribution in [1.82, 2.24) is 5.43 Å². The van der Waals surface area contributed by atoms with Crippen LogP contribution in [-0.4, -0.2) is 13.7 Å². The smallest absolute Gasteiger partial charge is 0.0805 e. The van der Waals surface area contributed by atoms with E-state index in [1.165, 1.54) is 16.8 Å². The molecule has 1 aromatic carbocycles. The Balaban J connectivity index is 2.99. The summed E-state index contributed by atoms with van der Waals surface area (Å²) < 4.78 is 0. The van der Waals surface area contributed by atoms with Gasteiger partial charge in [0.1, 0.15) is 0 Å². The van der Waals surface area contributed by atoms with Crippen LogP contribution >= 0.6 is 0 Å². The van der Waals surface area contributed by atoms with Crippen LogP contribution in [0.1, 0.15) is 30.9 Å². The number of nitrogens with two attached hydrogens (primary N) is 1. The van der Waals surface area contributed by atoms with E-state index in [9.17, 15) is 0 Å². The highest BCUT2D eigenvalue weighted by atomic mass is 15.3. The molecule has 1 aromatic rings.